The van der Waals surface area contributed by atoms with Crippen LogP contribution in [0.3, 0.4) is 0 Å². The summed E-state index contributed by atoms with van der Waals surface area (Å²) in [6.45, 7) is 1.98. The molecule has 0 radical (unpaired) electrons. The molecule has 0 bridgehead atoms. The minimum Gasteiger partial charge on any atom is -0.318 e. The average molecular weight is 241 g/mol. The molecule has 0 saturated heterocycles. The van der Waals surface area contributed by atoms with Crippen LogP contribution >= 0.6 is 0 Å². The number of anilines is 1. The predicted molar refractivity (Wildman–Crippen MR) is 67.4 cm³/mol. The number of rotatable bonds is 2. The molecule has 0 unspecified atom stereocenters. The number of amides is 1. The van der Waals surface area contributed by atoms with Crippen LogP contribution in [0.1, 0.15) is 16.1 Å². The Kier molecular flexibility index (Phi) is 2.33. The fraction of sp³-hybridized carbons (Fsp3) is 0.0833. The standard InChI is InChI=1S/C12H11N5O/c1-7-2-3-10-9(4-7)11(17-16-10)12(18)15-8-5-13-14-6-8/h2-6H,1H3,(H,13,14)(H,15,18)(H,16,17). The van der Waals surface area contributed by atoms with Gasteiger partial charge in [0.25, 0.3) is 5.91 Å². The van der Waals surface area contributed by atoms with Gasteiger partial charge in [-0.05, 0) is 19.1 Å². The van der Waals surface area contributed by atoms with Gasteiger partial charge in [-0.1, -0.05) is 11.6 Å². The molecule has 18 heavy (non-hydrogen) atoms. The maximum Gasteiger partial charge on any atom is 0.276 e. The second-order valence-electron chi connectivity index (χ2n) is 4.06. The second kappa shape index (κ2) is 3.99. The van der Waals surface area contributed by atoms with Gasteiger partial charge in [-0.25, -0.2) is 0 Å². The molecule has 0 aliphatic heterocycles. The summed E-state index contributed by atoms with van der Waals surface area (Å²) in [5, 5.41) is 16.8. The van der Waals surface area contributed by atoms with Gasteiger partial charge >= 0.3 is 0 Å². The number of H-pyrrole nitrogens is 2. The van der Waals surface area contributed by atoms with E-state index in [1.807, 2.05) is 25.1 Å². The molecule has 2 heterocycles. The van der Waals surface area contributed by atoms with E-state index in [0.717, 1.165) is 16.5 Å². The predicted octanol–water partition coefficient (Wildman–Crippen LogP) is 1.85. The molecule has 3 N–H and O–H groups in total. The second-order valence-corrected chi connectivity index (χ2v) is 4.06. The number of benzene rings is 1. The number of carbonyl (C=O) groups excluding carboxylic acids is 1. The van der Waals surface area contributed by atoms with E-state index in [2.05, 4.69) is 25.7 Å². The number of hydrogen-bond acceptors (Lipinski definition) is 3. The quantitative estimate of drug-likeness (QED) is 0.639. The van der Waals surface area contributed by atoms with E-state index < -0.39 is 0 Å². The molecular weight excluding hydrogens is 230 g/mol. The van der Waals surface area contributed by atoms with Crippen molar-refractivity contribution in [2.75, 3.05) is 5.32 Å². The Bertz CT molecular complexity index is 698. The number of aromatic amines is 2. The Labute approximate surface area is 102 Å². The molecule has 1 amide bonds. The molecule has 2 aromatic heterocycles. The van der Waals surface area contributed by atoms with Crippen molar-refractivity contribution >= 4 is 22.5 Å². The smallest absolute Gasteiger partial charge is 0.276 e. The van der Waals surface area contributed by atoms with Gasteiger partial charge in [0.05, 0.1) is 17.4 Å². The molecular formula is C12H11N5O. The molecule has 0 atom stereocenters. The summed E-state index contributed by atoms with van der Waals surface area (Å²) < 4.78 is 0. The average Bonchev–Trinajstić information content (AvgIpc) is 2.97. The third kappa shape index (κ3) is 1.73. The molecule has 1 aromatic carbocycles. The van der Waals surface area contributed by atoms with Gasteiger partial charge in [-0.2, -0.15) is 10.2 Å². The Morgan fingerprint density at radius 3 is 3.06 bits per heavy atom. The number of aromatic nitrogens is 4. The minimum atomic E-state index is -0.256. The van der Waals surface area contributed by atoms with E-state index >= 15 is 0 Å². The van der Waals surface area contributed by atoms with Gasteiger partial charge in [0.2, 0.25) is 0 Å². The molecule has 0 saturated carbocycles. The highest BCUT2D eigenvalue weighted by Crippen LogP contribution is 2.18. The lowest BCUT2D eigenvalue weighted by atomic mass is 10.1. The van der Waals surface area contributed by atoms with Crippen LogP contribution in [0.2, 0.25) is 0 Å². The Morgan fingerprint density at radius 1 is 1.39 bits per heavy atom. The zero-order chi connectivity index (χ0) is 12.5. The largest absolute Gasteiger partial charge is 0.318 e. The van der Waals surface area contributed by atoms with Crippen LogP contribution in [0.4, 0.5) is 5.69 Å². The van der Waals surface area contributed by atoms with Crippen molar-refractivity contribution in [3.8, 4) is 0 Å². The Morgan fingerprint density at radius 2 is 2.28 bits per heavy atom. The SMILES string of the molecule is Cc1ccc2[nH]nc(C(=O)Nc3cn[nH]c3)c2c1. The van der Waals surface area contributed by atoms with E-state index in [9.17, 15) is 4.79 Å². The van der Waals surface area contributed by atoms with Crippen molar-refractivity contribution in [1.82, 2.24) is 20.4 Å². The minimum absolute atomic E-state index is 0.256. The Balaban J connectivity index is 1.98. The molecule has 3 rings (SSSR count). The summed E-state index contributed by atoms with van der Waals surface area (Å²) in [4.78, 5) is 12.1. The summed E-state index contributed by atoms with van der Waals surface area (Å²) in [6.07, 6.45) is 3.15. The molecule has 6 nitrogen and oxygen atoms in total. The molecule has 0 spiro atoms. The van der Waals surface area contributed by atoms with Crippen molar-refractivity contribution in [3.63, 3.8) is 0 Å². The van der Waals surface area contributed by atoms with E-state index in [0.29, 0.717) is 11.4 Å². The summed E-state index contributed by atoms with van der Waals surface area (Å²) in [5.41, 5.74) is 2.93. The first-order valence-corrected chi connectivity index (χ1v) is 5.49. The van der Waals surface area contributed by atoms with Crippen LogP contribution in [-0.2, 0) is 0 Å². The van der Waals surface area contributed by atoms with Crippen molar-refractivity contribution in [3.05, 3.63) is 41.9 Å². The first-order chi connectivity index (χ1) is 8.74. The van der Waals surface area contributed by atoms with E-state index in [-0.39, 0.29) is 5.91 Å². The van der Waals surface area contributed by atoms with E-state index in [4.69, 9.17) is 0 Å². The number of fused-ring (bicyclic) bond motifs is 1. The van der Waals surface area contributed by atoms with E-state index in [1.54, 1.807) is 6.20 Å². The van der Waals surface area contributed by atoms with Crippen molar-refractivity contribution in [2.45, 2.75) is 6.92 Å². The Hall–Kier alpha value is -2.63. The van der Waals surface area contributed by atoms with Crippen LogP contribution in [-0.4, -0.2) is 26.3 Å². The summed E-state index contributed by atoms with van der Waals surface area (Å²) in [7, 11) is 0. The molecule has 3 aromatic rings. The lowest BCUT2D eigenvalue weighted by molar-refractivity contribution is 0.102. The molecule has 6 heteroatoms. The third-order valence-electron chi connectivity index (χ3n) is 2.69. The first kappa shape index (κ1) is 10.5. The lowest BCUT2D eigenvalue weighted by Gasteiger charge is -1.99. The topological polar surface area (TPSA) is 86.5 Å². The molecule has 0 aliphatic rings. The number of nitrogens with one attached hydrogen (secondary N) is 3. The van der Waals surface area contributed by atoms with Crippen molar-refractivity contribution in [2.24, 2.45) is 0 Å². The van der Waals surface area contributed by atoms with Gasteiger partial charge in [0.1, 0.15) is 0 Å². The number of hydrogen-bond donors (Lipinski definition) is 3. The normalized spacial score (nSPS) is 10.7. The maximum atomic E-state index is 12.1. The van der Waals surface area contributed by atoms with Gasteiger partial charge in [0.15, 0.2) is 5.69 Å². The number of nitrogens with zero attached hydrogens (tertiary/aromatic N) is 2. The van der Waals surface area contributed by atoms with Gasteiger partial charge in [-0.15, -0.1) is 0 Å². The van der Waals surface area contributed by atoms with E-state index in [1.165, 1.54) is 6.20 Å². The number of aryl methyl sites for hydroxylation is 1. The van der Waals surface area contributed by atoms with Gasteiger partial charge in [0, 0.05) is 11.6 Å². The highest BCUT2D eigenvalue weighted by Gasteiger charge is 2.14. The third-order valence-corrected chi connectivity index (χ3v) is 2.69. The maximum absolute atomic E-state index is 12.1. The lowest BCUT2D eigenvalue weighted by Crippen LogP contribution is -2.12. The van der Waals surface area contributed by atoms with Crippen molar-refractivity contribution in [1.29, 1.82) is 0 Å². The monoisotopic (exact) mass is 241 g/mol. The van der Waals surface area contributed by atoms with Crippen molar-refractivity contribution < 1.29 is 4.79 Å². The molecule has 0 fully saturated rings. The molecule has 90 valence electrons. The first-order valence-electron chi connectivity index (χ1n) is 5.49. The van der Waals surface area contributed by atoms with Crippen LogP contribution in [0, 0.1) is 6.92 Å². The van der Waals surface area contributed by atoms with Crippen LogP contribution in [0.5, 0.6) is 0 Å². The zero-order valence-corrected chi connectivity index (χ0v) is 9.69. The highest BCUT2D eigenvalue weighted by molar-refractivity contribution is 6.11. The van der Waals surface area contributed by atoms with Crippen LogP contribution in [0.15, 0.2) is 30.6 Å². The highest BCUT2D eigenvalue weighted by atomic mass is 16.1. The van der Waals surface area contributed by atoms with Gasteiger partial charge in [-0.3, -0.25) is 15.0 Å². The summed E-state index contributed by atoms with van der Waals surface area (Å²) in [6, 6.07) is 5.81. The summed E-state index contributed by atoms with van der Waals surface area (Å²) in [5.74, 6) is -0.256. The van der Waals surface area contributed by atoms with Crippen LogP contribution in [0.25, 0.3) is 10.9 Å². The number of carbonyl (C=O) groups is 1. The summed E-state index contributed by atoms with van der Waals surface area (Å²) >= 11 is 0. The molecule has 0 aliphatic carbocycles. The fourth-order valence-electron chi connectivity index (χ4n) is 1.81. The van der Waals surface area contributed by atoms with Gasteiger partial charge < -0.3 is 5.32 Å². The zero-order valence-electron chi connectivity index (χ0n) is 9.69. The van der Waals surface area contributed by atoms with Crippen LogP contribution < -0.4 is 5.32 Å². The fourth-order valence-corrected chi connectivity index (χ4v) is 1.81.